The maximum absolute atomic E-state index is 12.6. The van der Waals surface area contributed by atoms with Crippen molar-refractivity contribution in [3.63, 3.8) is 0 Å². The number of sulfonamides is 1. The molecule has 0 heterocycles. The van der Waals surface area contributed by atoms with Crippen molar-refractivity contribution in [3.8, 4) is 0 Å². The number of nitrogens with zero attached hydrogens (tertiary/aromatic N) is 1. The second-order valence-electron chi connectivity index (χ2n) is 8.07. The molecule has 1 unspecified atom stereocenters. The Labute approximate surface area is 204 Å². The molecule has 9 heteroatoms. The third kappa shape index (κ3) is 6.00. The van der Waals surface area contributed by atoms with Gasteiger partial charge >= 0.3 is 5.97 Å². The molecule has 0 saturated heterocycles. The molecule has 8 nitrogen and oxygen atoms in total. The van der Waals surface area contributed by atoms with Crippen LogP contribution < -0.4 is 5.32 Å². The first kappa shape index (κ1) is 25.8. The number of amides is 1. The highest BCUT2D eigenvalue weighted by molar-refractivity contribution is 7.89. The summed E-state index contributed by atoms with van der Waals surface area (Å²) in [5, 5.41) is 2.62. The zero-order valence-electron chi connectivity index (χ0n) is 19.8. The highest BCUT2D eigenvalue weighted by Gasteiger charge is 2.22. The Kier molecular flexibility index (Phi) is 7.83. The second-order valence-corrected chi connectivity index (χ2v) is 10.2. The van der Waals surface area contributed by atoms with Gasteiger partial charge in [-0.2, -0.15) is 0 Å². The number of esters is 1. The third-order valence-electron chi connectivity index (χ3n) is 5.32. The number of hydrogen-bond acceptors (Lipinski definition) is 6. The largest absolute Gasteiger partial charge is 0.449 e. The van der Waals surface area contributed by atoms with E-state index in [1.165, 1.54) is 57.4 Å². The van der Waals surface area contributed by atoms with Crippen LogP contribution >= 0.6 is 0 Å². The molecular weight excluding hydrogens is 468 g/mol. The Balaban J connectivity index is 1.67. The van der Waals surface area contributed by atoms with E-state index in [0.717, 1.165) is 4.31 Å². The van der Waals surface area contributed by atoms with Crippen LogP contribution in [0.2, 0.25) is 0 Å². The van der Waals surface area contributed by atoms with Crippen LogP contribution in [0, 0.1) is 6.92 Å². The molecule has 35 heavy (non-hydrogen) atoms. The topological polar surface area (TPSA) is 110 Å². The second kappa shape index (κ2) is 10.6. The SMILES string of the molecule is Cc1ccc(S(=O)(=O)N(C)C)cc1NC(=O)C(C)OC(=O)c1ccc(C(=O)c2ccccc2)cc1. The standard InChI is InChI=1S/C26H26N2O6S/c1-17-10-15-22(35(32,33)28(3)4)16-23(17)27-25(30)18(2)34-26(31)21-13-11-20(12-14-21)24(29)19-8-6-5-7-9-19/h5-16,18H,1-4H3,(H,27,30). The Bertz CT molecular complexity index is 1350. The zero-order valence-corrected chi connectivity index (χ0v) is 20.6. The minimum Gasteiger partial charge on any atom is -0.449 e. The first-order valence-corrected chi connectivity index (χ1v) is 12.2. The molecule has 1 N–H and O–H groups in total. The zero-order chi connectivity index (χ0) is 25.8. The number of anilines is 1. The molecule has 0 saturated carbocycles. The van der Waals surface area contributed by atoms with Gasteiger partial charge in [-0.25, -0.2) is 17.5 Å². The van der Waals surface area contributed by atoms with Gasteiger partial charge in [0, 0.05) is 30.9 Å². The molecule has 3 aromatic carbocycles. The summed E-state index contributed by atoms with van der Waals surface area (Å²) in [6, 6.07) is 19.1. The summed E-state index contributed by atoms with van der Waals surface area (Å²) in [6.45, 7) is 3.13. The van der Waals surface area contributed by atoms with E-state index in [-0.39, 0.29) is 16.2 Å². The Hall–Kier alpha value is -3.82. The number of ether oxygens (including phenoxy) is 1. The van der Waals surface area contributed by atoms with Crippen LogP contribution in [0.1, 0.15) is 38.8 Å². The molecule has 0 aliphatic heterocycles. The van der Waals surface area contributed by atoms with E-state index in [9.17, 15) is 22.8 Å². The third-order valence-corrected chi connectivity index (χ3v) is 7.13. The van der Waals surface area contributed by atoms with E-state index in [2.05, 4.69) is 5.32 Å². The van der Waals surface area contributed by atoms with Crippen molar-refractivity contribution in [2.75, 3.05) is 19.4 Å². The van der Waals surface area contributed by atoms with Crippen molar-refractivity contribution < 1.29 is 27.5 Å². The average molecular weight is 495 g/mol. The number of benzene rings is 3. The molecule has 0 fully saturated rings. The van der Waals surface area contributed by atoms with E-state index in [1.807, 2.05) is 6.07 Å². The number of ketones is 1. The van der Waals surface area contributed by atoms with Crippen molar-refractivity contribution in [2.24, 2.45) is 0 Å². The van der Waals surface area contributed by atoms with E-state index >= 15 is 0 Å². The highest BCUT2D eigenvalue weighted by Crippen LogP contribution is 2.22. The predicted molar refractivity (Wildman–Crippen MR) is 132 cm³/mol. The van der Waals surface area contributed by atoms with E-state index in [1.54, 1.807) is 37.3 Å². The van der Waals surface area contributed by atoms with Crippen molar-refractivity contribution in [2.45, 2.75) is 24.8 Å². The van der Waals surface area contributed by atoms with Crippen molar-refractivity contribution >= 4 is 33.4 Å². The molecular formula is C26H26N2O6S. The Morgan fingerprint density at radius 2 is 1.43 bits per heavy atom. The monoisotopic (exact) mass is 494 g/mol. The molecule has 3 aromatic rings. The minimum absolute atomic E-state index is 0.0261. The molecule has 182 valence electrons. The van der Waals surface area contributed by atoms with Crippen LogP contribution in [-0.4, -0.2) is 50.6 Å². The van der Waals surface area contributed by atoms with Crippen LogP contribution in [-0.2, 0) is 19.6 Å². The summed E-state index contributed by atoms with van der Waals surface area (Å²) in [5.74, 6) is -1.52. The summed E-state index contributed by atoms with van der Waals surface area (Å²) in [5.41, 5.74) is 2.08. The maximum atomic E-state index is 12.6. The van der Waals surface area contributed by atoms with Gasteiger partial charge in [0.15, 0.2) is 11.9 Å². The van der Waals surface area contributed by atoms with Crippen molar-refractivity contribution in [1.29, 1.82) is 0 Å². The minimum atomic E-state index is -3.68. The van der Waals surface area contributed by atoms with Crippen LogP contribution in [0.5, 0.6) is 0 Å². The van der Waals surface area contributed by atoms with Crippen LogP contribution in [0.25, 0.3) is 0 Å². The smallest absolute Gasteiger partial charge is 0.338 e. The molecule has 1 amide bonds. The maximum Gasteiger partial charge on any atom is 0.338 e. The number of rotatable bonds is 8. The number of carbonyl (C=O) groups is 3. The van der Waals surface area contributed by atoms with Crippen LogP contribution in [0.4, 0.5) is 5.69 Å². The fraction of sp³-hybridized carbons (Fsp3) is 0.192. The van der Waals surface area contributed by atoms with Crippen molar-refractivity contribution in [3.05, 3.63) is 95.1 Å². The van der Waals surface area contributed by atoms with Gasteiger partial charge < -0.3 is 10.1 Å². The summed E-state index contributed by atoms with van der Waals surface area (Å²) in [6.07, 6.45) is -1.15. The van der Waals surface area contributed by atoms with E-state index in [0.29, 0.717) is 22.4 Å². The lowest BCUT2D eigenvalue weighted by atomic mass is 10.0. The quantitative estimate of drug-likeness (QED) is 0.378. The molecule has 0 aromatic heterocycles. The molecule has 3 rings (SSSR count). The summed E-state index contributed by atoms with van der Waals surface area (Å²) in [7, 11) is -0.851. The number of aryl methyl sites for hydroxylation is 1. The molecule has 0 aliphatic carbocycles. The lowest BCUT2D eigenvalue weighted by molar-refractivity contribution is -0.123. The van der Waals surface area contributed by atoms with Gasteiger partial charge in [0.25, 0.3) is 5.91 Å². The number of hydrogen-bond donors (Lipinski definition) is 1. The van der Waals surface area contributed by atoms with Gasteiger partial charge in [0.05, 0.1) is 10.5 Å². The fourth-order valence-electron chi connectivity index (χ4n) is 3.14. The Morgan fingerprint density at radius 1 is 0.857 bits per heavy atom. The van der Waals surface area contributed by atoms with Gasteiger partial charge in [-0.1, -0.05) is 48.5 Å². The van der Waals surface area contributed by atoms with Gasteiger partial charge in [0.2, 0.25) is 10.0 Å². The molecule has 0 radical (unpaired) electrons. The molecule has 0 spiro atoms. The molecule has 0 bridgehead atoms. The highest BCUT2D eigenvalue weighted by atomic mass is 32.2. The average Bonchev–Trinajstić information content (AvgIpc) is 2.85. The fourth-order valence-corrected chi connectivity index (χ4v) is 4.07. The molecule has 1 atom stereocenters. The van der Waals surface area contributed by atoms with Gasteiger partial charge in [-0.3, -0.25) is 9.59 Å². The van der Waals surface area contributed by atoms with E-state index < -0.39 is 28.0 Å². The van der Waals surface area contributed by atoms with Gasteiger partial charge in [-0.15, -0.1) is 0 Å². The molecule has 0 aliphatic rings. The first-order chi connectivity index (χ1) is 16.5. The lowest BCUT2D eigenvalue weighted by Crippen LogP contribution is -2.30. The summed E-state index contributed by atoms with van der Waals surface area (Å²) in [4.78, 5) is 37.7. The Morgan fingerprint density at radius 3 is 2.03 bits per heavy atom. The van der Waals surface area contributed by atoms with Crippen molar-refractivity contribution in [1.82, 2.24) is 4.31 Å². The van der Waals surface area contributed by atoms with Gasteiger partial charge in [-0.05, 0) is 43.7 Å². The van der Waals surface area contributed by atoms with E-state index in [4.69, 9.17) is 4.74 Å². The number of nitrogens with one attached hydrogen (secondary N) is 1. The van der Waals surface area contributed by atoms with Gasteiger partial charge in [0.1, 0.15) is 0 Å². The summed E-state index contributed by atoms with van der Waals surface area (Å²) >= 11 is 0. The lowest BCUT2D eigenvalue weighted by Gasteiger charge is -2.17. The normalized spacial score (nSPS) is 12.1. The number of carbonyl (C=O) groups excluding carboxylic acids is 3. The predicted octanol–water partition coefficient (Wildman–Crippen LogP) is 3.66. The van der Waals surface area contributed by atoms with Crippen LogP contribution in [0.15, 0.2) is 77.7 Å². The first-order valence-electron chi connectivity index (χ1n) is 10.8. The van der Waals surface area contributed by atoms with Crippen LogP contribution in [0.3, 0.4) is 0 Å². The summed E-state index contributed by atoms with van der Waals surface area (Å²) < 4.78 is 31.1.